The molecule has 0 bridgehead atoms. The lowest BCUT2D eigenvalue weighted by molar-refractivity contribution is 0.303. The van der Waals surface area contributed by atoms with Crippen molar-refractivity contribution >= 4 is 0 Å². The van der Waals surface area contributed by atoms with Gasteiger partial charge in [-0.3, -0.25) is 0 Å². The van der Waals surface area contributed by atoms with Gasteiger partial charge in [0.2, 0.25) is 0 Å². The van der Waals surface area contributed by atoms with Crippen LogP contribution >= 0.6 is 0 Å². The Morgan fingerprint density at radius 3 is 2.58 bits per heavy atom. The maximum absolute atomic E-state index is 6.29. The molecule has 0 fully saturated rings. The zero-order valence-corrected chi connectivity index (χ0v) is 12.5. The molecular formula is C15H26N2O2. The van der Waals surface area contributed by atoms with Crippen molar-refractivity contribution in [3.8, 4) is 11.5 Å². The number of likely N-dealkylation sites (N-methyl/N-ethyl adjacent to an activating group) is 1. The van der Waals surface area contributed by atoms with E-state index in [0.29, 0.717) is 0 Å². The van der Waals surface area contributed by atoms with Gasteiger partial charge in [-0.15, -0.1) is 0 Å². The second kappa shape index (κ2) is 8.02. The van der Waals surface area contributed by atoms with E-state index in [2.05, 4.69) is 18.9 Å². The molecule has 2 N–H and O–H groups in total. The molecule has 1 aromatic carbocycles. The van der Waals surface area contributed by atoms with Crippen LogP contribution in [0.1, 0.15) is 31.4 Å². The fraction of sp³-hybridized carbons (Fsp3) is 0.600. The van der Waals surface area contributed by atoms with Crippen LogP contribution < -0.4 is 15.2 Å². The van der Waals surface area contributed by atoms with Gasteiger partial charge in [0, 0.05) is 18.2 Å². The second-order valence-electron chi connectivity index (χ2n) is 4.83. The van der Waals surface area contributed by atoms with Crippen LogP contribution in [0.3, 0.4) is 0 Å². The first kappa shape index (κ1) is 15.8. The summed E-state index contributed by atoms with van der Waals surface area (Å²) in [5.41, 5.74) is 7.28. The SMILES string of the molecule is CCCCN(C)CC(N)c1cc(OC)ccc1OC. The molecule has 19 heavy (non-hydrogen) atoms. The highest BCUT2D eigenvalue weighted by Crippen LogP contribution is 2.28. The first-order chi connectivity index (χ1) is 9.12. The Labute approximate surface area is 116 Å². The van der Waals surface area contributed by atoms with E-state index in [0.717, 1.165) is 30.2 Å². The van der Waals surface area contributed by atoms with Gasteiger partial charge in [-0.05, 0) is 38.2 Å². The Morgan fingerprint density at radius 2 is 2.00 bits per heavy atom. The number of rotatable bonds is 8. The minimum Gasteiger partial charge on any atom is -0.497 e. The highest BCUT2D eigenvalue weighted by atomic mass is 16.5. The Bertz CT molecular complexity index is 382. The van der Waals surface area contributed by atoms with Gasteiger partial charge < -0.3 is 20.1 Å². The van der Waals surface area contributed by atoms with E-state index in [-0.39, 0.29) is 6.04 Å². The van der Waals surface area contributed by atoms with Crippen molar-refractivity contribution in [2.24, 2.45) is 5.73 Å². The lowest BCUT2D eigenvalue weighted by Crippen LogP contribution is -2.30. The van der Waals surface area contributed by atoms with E-state index in [9.17, 15) is 0 Å². The zero-order chi connectivity index (χ0) is 14.3. The van der Waals surface area contributed by atoms with Crippen LogP contribution in [0.4, 0.5) is 0 Å². The van der Waals surface area contributed by atoms with Crippen LogP contribution in [-0.2, 0) is 0 Å². The minimum atomic E-state index is -0.0769. The molecular weight excluding hydrogens is 240 g/mol. The third kappa shape index (κ3) is 4.73. The first-order valence-corrected chi connectivity index (χ1v) is 6.78. The number of benzene rings is 1. The number of ether oxygens (including phenoxy) is 2. The van der Waals surface area contributed by atoms with Crippen molar-refractivity contribution in [3.05, 3.63) is 23.8 Å². The topological polar surface area (TPSA) is 47.7 Å². The third-order valence-electron chi connectivity index (χ3n) is 3.24. The normalized spacial score (nSPS) is 12.5. The van der Waals surface area contributed by atoms with Gasteiger partial charge in [-0.2, -0.15) is 0 Å². The van der Waals surface area contributed by atoms with E-state index >= 15 is 0 Å². The molecule has 0 aliphatic carbocycles. The average Bonchev–Trinajstić information content (AvgIpc) is 2.44. The summed E-state index contributed by atoms with van der Waals surface area (Å²) in [6.45, 7) is 4.07. The largest absolute Gasteiger partial charge is 0.497 e. The quantitative estimate of drug-likeness (QED) is 0.785. The number of nitrogens with two attached hydrogens (primary N) is 1. The van der Waals surface area contributed by atoms with Crippen LogP contribution in [0, 0.1) is 0 Å². The van der Waals surface area contributed by atoms with Crippen LogP contribution in [0.25, 0.3) is 0 Å². The lowest BCUT2D eigenvalue weighted by Gasteiger charge is -2.23. The molecule has 0 saturated carbocycles. The van der Waals surface area contributed by atoms with Crippen molar-refractivity contribution in [2.45, 2.75) is 25.8 Å². The van der Waals surface area contributed by atoms with Gasteiger partial charge in [0.1, 0.15) is 11.5 Å². The maximum atomic E-state index is 6.29. The van der Waals surface area contributed by atoms with Crippen molar-refractivity contribution in [1.82, 2.24) is 4.90 Å². The molecule has 0 amide bonds. The maximum Gasteiger partial charge on any atom is 0.123 e. The molecule has 0 spiro atoms. The number of unbranched alkanes of at least 4 members (excludes halogenated alkanes) is 1. The molecule has 108 valence electrons. The second-order valence-corrected chi connectivity index (χ2v) is 4.83. The molecule has 1 rings (SSSR count). The Hall–Kier alpha value is -1.26. The van der Waals surface area contributed by atoms with Gasteiger partial charge in [0.25, 0.3) is 0 Å². The summed E-state index contributed by atoms with van der Waals surface area (Å²) in [4.78, 5) is 2.26. The smallest absolute Gasteiger partial charge is 0.123 e. The standard InChI is InChI=1S/C15H26N2O2/c1-5-6-9-17(2)11-14(16)13-10-12(18-3)7-8-15(13)19-4/h7-8,10,14H,5-6,9,11,16H2,1-4H3. The summed E-state index contributed by atoms with van der Waals surface area (Å²) in [5.74, 6) is 1.62. The summed E-state index contributed by atoms with van der Waals surface area (Å²) in [6, 6.07) is 5.67. The monoisotopic (exact) mass is 266 g/mol. The zero-order valence-electron chi connectivity index (χ0n) is 12.5. The summed E-state index contributed by atoms with van der Waals surface area (Å²) < 4.78 is 10.6. The van der Waals surface area contributed by atoms with E-state index in [1.165, 1.54) is 12.8 Å². The average molecular weight is 266 g/mol. The fourth-order valence-corrected chi connectivity index (χ4v) is 2.08. The molecule has 0 aromatic heterocycles. The first-order valence-electron chi connectivity index (χ1n) is 6.78. The number of hydrogen-bond donors (Lipinski definition) is 1. The minimum absolute atomic E-state index is 0.0769. The molecule has 4 nitrogen and oxygen atoms in total. The molecule has 4 heteroatoms. The Kier molecular flexibility index (Phi) is 6.67. The van der Waals surface area contributed by atoms with Crippen molar-refractivity contribution in [1.29, 1.82) is 0 Å². The summed E-state index contributed by atoms with van der Waals surface area (Å²) in [7, 11) is 5.42. The highest BCUT2D eigenvalue weighted by molar-refractivity contribution is 5.42. The predicted molar refractivity (Wildman–Crippen MR) is 78.9 cm³/mol. The van der Waals surface area contributed by atoms with Crippen LogP contribution in [0.5, 0.6) is 11.5 Å². The van der Waals surface area contributed by atoms with Gasteiger partial charge in [0.15, 0.2) is 0 Å². The van der Waals surface area contributed by atoms with E-state index in [1.807, 2.05) is 18.2 Å². The predicted octanol–water partition coefficient (Wildman–Crippen LogP) is 2.44. The molecule has 1 unspecified atom stereocenters. The molecule has 0 aliphatic rings. The Morgan fingerprint density at radius 1 is 1.26 bits per heavy atom. The third-order valence-corrected chi connectivity index (χ3v) is 3.24. The van der Waals surface area contributed by atoms with E-state index in [4.69, 9.17) is 15.2 Å². The summed E-state index contributed by atoms with van der Waals surface area (Å²) >= 11 is 0. The lowest BCUT2D eigenvalue weighted by atomic mass is 10.1. The fourth-order valence-electron chi connectivity index (χ4n) is 2.08. The Balaban J connectivity index is 2.76. The van der Waals surface area contributed by atoms with Gasteiger partial charge >= 0.3 is 0 Å². The van der Waals surface area contributed by atoms with Gasteiger partial charge in [-0.25, -0.2) is 0 Å². The van der Waals surface area contributed by atoms with Crippen molar-refractivity contribution in [2.75, 3.05) is 34.4 Å². The summed E-state index contributed by atoms with van der Waals surface area (Å²) in [6.07, 6.45) is 2.39. The van der Waals surface area contributed by atoms with Gasteiger partial charge in [-0.1, -0.05) is 13.3 Å². The molecule has 0 radical (unpaired) electrons. The van der Waals surface area contributed by atoms with Gasteiger partial charge in [0.05, 0.1) is 14.2 Å². The number of methoxy groups -OCH3 is 2. The molecule has 1 aromatic rings. The van der Waals surface area contributed by atoms with Crippen LogP contribution in [-0.4, -0.2) is 39.3 Å². The summed E-state index contributed by atoms with van der Waals surface area (Å²) in [5, 5.41) is 0. The van der Waals surface area contributed by atoms with E-state index < -0.39 is 0 Å². The van der Waals surface area contributed by atoms with Crippen LogP contribution in [0.2, 0.25) is 0 Å². The molecule has 0 saturated heterocycles. The molecule has 0 aliphatic heterocycles. The number of nitrogens with zero attached hydrogens (tertiary/aromatic N) is 1. The van der Waals surface area contributed by atoms with Crippen LogP contribution in [0.15, 0.2) is 18.2 Å². The van der Waals surface area contributed by atoms with Crippen molar-refractivity contribution in [3.63, 3.8) is 0 Å². The number of hydrogen-bond acceptors (Lipinski definition) is 4. The highest BCUT2D eigenvalue weighted by Gasteiger charge is 2.15. The van der Waals surface area contributed by atoms with E-state index in [1.54, 1.807) is 14.2 Å². The molecule has 1 atom stereocenters. The molecule has 0 heterocycles. The van der Waals surface area contributed by atoms with Crippen molar-refractivity contribution < 1.29 is 9.47 Å².